The van der Waals surface area contributed by atoms with Gasteiger partial charge in [-0.2, -0.15) is 0 Å². The number of aryl methyl sites for hydroxylation is 1. The zero-order valence-corrected chi connectivity index (χ0v) is 11.2. The number of nitrogens with two attached hydrogens (primary N) is 1. The molecule has 1 unspecified atom stereocenters. The van der Waals surface area contributed by atoms with Gasteiger partial charge in [-0.05, 0) is 36.8 Å². The molecule has 0 fully saturated rings. The van der Waals surface area contributed by atoms with Crippen LogP contribution in [0.1, 0.15) is 17.3 Å². The Bertz CT molecular complexity index is 539. The smallest absolute Gasteiger partial charge is 0.125 e. The first-order valence-electron chi connectivity index (χ1n) is 6.23. The molecule has 0 aliphatic rings. The second-order valence-corrected chi connectivity index (χ2v) is 4.58. The fourth-order valence-electron chi connectivity index (χ4n) is 2.07. The number of pyridine rings is 1. The SMILES string of the molecule is Cc1ccc(C(CN)N(C)c2cccc(F)c2)cn1. The zero-order valence-electron chi connectivity index (χ0n) is 11.2. The molecule has 1 atom stereocenters. The van der Waals surface area contributed by atoms with Gasteiger partial charge >= 0.3 is 0 Å². The summed E-state index contributed by atoms with van der Waals surface area (Å²) < 4.78 is 13.3. The molecule has 0 amide bonds. The summed E-state index contributed by atoms with van der Waals surface area (Å²) in [6.07, 6.45) is 1.82. The monoisotopic (exact) mass is 259 g/mol. The maximum absolute atomic E-state index is 13.3. The Morgan fingerprint density at radius 1 is 1.32 bits per heavy atom. The van der Waals surface area contributed by atoms with Crippen molar-refractivity contribution in [2.24, 2.45) is 5.73 Å². The summed E-state index contributed by atoms with van der Waals surface area (Å²) in [7, 11) is 1.91. The van der Waals surface area contributed by atoms with E-state index in [-0.39, 0.29) is 11.9 Å². The van der Waals surface area contributed by atoms with Crippen LogP contribution in [0.3, 0.4) is 0 Å². The molecule has 2 rings (SSSR count). The van der Waals surface area contributed by atoms with Gasteiger partial charge in [0.1, 0.15) is 5.82 Å². The molecule has 0 radical (unpaired) electrons. The molecule has 2 aromatic rings. The molecule has 3 nitrogen and oxygen atoms in total. The highest BCUT2D eigenvalue weighted by molar-refractivity contribution is 5.48. The predicted molar refractivity (Wildman–Crippen MR) is 75.6 cm³/mol. The molecule has 0 spiro atoms. The minimum Gasteiger partial charge on any atom is -0.366 e. The number of halogens is 1. The van der Waals surface area contributed by atoms with Crippen molar-refractivity contribution in [1.29, 1.82) is 0 Å². The van der Waals surface area contributed by atoms with Crippen LogP contribution in [0.15, 0.2) is 42.6 Å². The van der Waals surface area contributed by atoms with Crippen molar-refractivity contribution >= 4 is 5.69 Å². The fourth-order valence-corrected chi connectivity index (χ4v) is 2.07. The molecule has 1 aromatic heterocycles. The summed E-state index contributed by atoms with van der Waals surface area (Å²) in [5.74, 6) is -0.248. The fraction of sp³-hybridized carbons (Fsp3) is 0.267. The van der Waals surface area contributed by atoms with Crippen LogP contribution >= 0.6 is 0 Å². The van der Waals surface area contributed by atoms with Gasteiger partial charge in [0.15, 0.2) is 0 Å². The van der Waals surface area contributed by atoms with Crippen molar-refractivity contribution in [3.8, 4) is 0 Å². The maximum Gasteiger partial charge on any atom is 0.125 e. The number of rotatable bonds is 4. The van der Waals surface area contributed by atoms with Gasteiger partial charge in [-0.15, -0.1) is 0 Å². The third-order valence-electron chi connectivity index (χ3n) is 3.23. The quantitative estimate of drug-likeness (QED) is 0.918. The van der Waals surface area contributed by atoms with Crippen LogP contribution in [0.2, 0.25) is 0 Å². The molecular formula is C15H18FN3. The molecule has 0 bridgehead atoms. The first-order chi connectivity index (χ1) is 9.11. The van der Waals surface area contributed by atoms with Gasteiger partial charge in [0.05, 0.1) is 6.04 Å². The van der Waals surface area contributed by atoms with Crippen molar-refractivity contribution in [3.05, 3.63) is 59.7 Å². The lowest BCUT2D eigenvalue weighted by Crippen LogP contribution is -2.30. The number of likely N-dealkylation sites (N-methyl/N-ethyl adjacent to an activating group) is 1. The van der Waals surface area contributed by atoms with E-state index >= 15 is 0 Å². The second-order valence-electron chi connectivity index (χ2n) is 4.58. The van der Waals surface area contributed by atoms with Gasteiger partial charge in [-0.1, -0.05) is 12.1 Å². The molecule has 1 aromatic carbocycles. The molecule has 0 saturated heterocycles. The summed E-state index contributed by atoms with van der Waals surface area (Å²) in [4.78, 5) is 6.25. The van der Waals surface area contributed by atoms with E-state index in [4.69, 9.17) is 5.73 Å². The van der Waals surface area contributed by atoms with Crippen LogP contribution < -0.4 is 10.6 Å². The van der Waals surface area contributed by atoms with Crippen molar-refractivity contribution in [2.75, 3.05) is 18.5 Å². The molecule has 2 N–H and O–H groups in total. The number of hydrogen-bond acceptors (Lipinski definition) is 3. The highest BCUT2D eigenvalue weighted by Crippen LogP contribution is 2.25. The minimum atomic E-state index is -0.248. The molecule has 4 heteroatoms. The standard InChI is InChI=1S/C15H18FN3/c1-11-6-7-12(10-18-11)15(9-17)19(2)14-5-3-4-13(16)8-14/h3-8,10,15H,9,17H2,1-2H3. The van der Waals surface area contributed by atoms with Gasteiger partial charge in [0, 0.05) is 31.2 Å². The molecule has 0 aliphatic heterocycles. The third kappa shape index (κ3) is 3.09. The summed E-state index contributed by atoms with van der Waals surface area (Å²) in [5, 5.41) is 0. The Hall–Kier alpha value is -1.94. The highest BCUT2D eigenvalue weighted by Gasteiger charge is 2.16. The third-order valence-corrected chi connectivity index (χ3v) is 3.23. The molecule has 100 valence electrons. The lowest BCUT2D eigenvalue weighted by Gasteiger charge is -2.29. The lowest BCUT2D eigenvalue weighted by atomic mass is 10.1. The van der Waals surface area contributed by atoms with Crippen molar-refractivity contribution < 1.29 is 4.39 Å². The predicted octanol–water partition coefficient (Wildman–Crippen LogP) is 2.67. The van der Waals surface area contributed by atoms with Crippen LogP contribution in [0.25, 0.3) is 0 Å². The summed E-state index contributed by atoms with van der Waals surface area (Å²) in [5.41, 5.74) is 8.65. The normalized spacial score (nSPS) is 12.2. The van der Waals surface area contributed by atoms with E-state index in [2.05, 4.69) is 4.98 Å². The van der Waals surface area contributed by atoms with E-state index in [1.54, 1.807) is 6.07 Å². The maximum atomic E-state index is 13.3. The first-order valence-corrected chi connectivity index (χ1v) is 6.23. The topological polar surface area (TPSA) is 42.1 Å². The van der Waals surface area contributed by atoms with Gasteiger partial charge in [0.2, 0.25) is 0 Å². The van der Waals surface area contributed by atoms with E-state index in [9.17, 15) is 4.39 Å². The lowest BCUT2D eigenvalue weighted by molar-refractivity contribution is 0.623. The number of benzene rings is 1. The zero-order chi connectivity index (χ0) is 13.8. The molecular weight excluding hydrogens is 241 g/mol. The van der Waals surface area contributed by atoms with Crippen molar-refractivity contribution in [2.45, 2.75) is 13.0 Å². The summed E-state index contributed by atoms with van der Waals surface area (Å²) in [6.45, 7) is 2.38. The second kappa shape index (κ2) is 5.80. The van der Waals surface area contributed by atoms with Gasteiger partial charge in [0.25, 0.3) is 0 Å². The Morgan fingerprint density at radius 3 is 2.68 bits per heavy atom. The van der Waals surface area contributed by atoms with Crippen LogP contribution in [0, 0.1) is 12.7 Å². The Labute approximate surface area is 112 Å². The van der Waals surface area contributed by atoms with Gasteiger partial charge < -0.3 is 10.6 Å². The van der Waals surface area contributed by atoms with E-state index in [0.29, 0.717) is 6.54 Å². The molecule has 19 heavy (non-hydrogen) atoms. The van der Waals surface area contributed by atoms with E-state index in [1.165, 1.54) is 12.1 Å². The summed E-state index contributed by atoms with van der Waals surface area (Å²) in [6, 6.07) is 10.4. The molecule has 0 aliphatic carbocycles. The van der Waals surface area contributed by atoms with Crippen molar-refractivity contribution in [1.82, 2.24) is 4.98 Å². The molecule has 0 saturated carbocycles. The Balaban J connectivity index is 2.28. The van der Waals surface area contributed by atoms with Crippen LogP contribution in [-0.2, 0) is 0 Å². The van der Waals surface area contributed by atoms with Crippen LogP contribution in [0.5, 0.6) is 0 Å². The number of aromatic nitrogens is 1. The first kappa shape index (κ1) is 13.5. The van der Waals surface area contributed by atoms with E-state index in [1.807, 2.05) is 43.3 Å². The number of hydrogen-bond donors (Lipinski definition) is 1. The minimum absolute atomic E-state index is 0.0186. The van der Waals surface area contributed by atoms with E-state index in [0.717, 1.165) is 16.9 Å². The average molecular weight is 259 g/mol. The van der Waals surface area contributed by atoms with Gasteiger partial charge in [-0.3, -0.25) is 4.98 Å². The Morgan fingerprint density at radius 2 is 2.11 bits per heavy atom. The Kier molecular flexibility index (Phi) is 4.12. The average Bonchev–Trinajstić information content (AvgIpc) is 2.41. The summed E-state index contributed by atoms with van der Waals surface area (Å²) >= 11 is 0. The van der Waals surface area contributed by atoms with Crippen LogP contribution in [-0.4, -0.2) is 18.6 Å². The largest absolute Gasteiger partial charge is 0.366 e. The molecule has 1 heterocycles. The number of nitrogens with zero attached hydrogens (tertiary/aromatic N) is 2. The van der Waals surface area contributed by atoms with Crippen LogP contribution in [0.4, 0.5) is 10.1 Å². The van der Waals surface area contributed by atoms with E-state index < -0.39 is 0 Å². The van der Waals surface area contributed by atoms with Gasteiger partial charge in [-0.25, -0.2) is 4.39 Å². The highest BCUT2D eigenvalue weighted by atomic mass is 19.1. The van der Waals surface area contributed by atoms with Crippen molar-refractivity contribution in [3.63, 3.8) is 0 Å². The number of anilines is 1.